The Hall–Kier alpha value is -0.770. The second-order valence-electron chi connectivity index (χ2n) is 4.02. The highest BCUT2D eigenvalue weighted by Gasteiger charge is 2.20. The van der Waals surface area contributed by atoms with Crippen LogP contribution in [0.1, 0.15) is 25.7 Å². The lowest BCUT2D eigenvalue weighted by Gasteiger charge is -2.17. The molecule has 2 fully saturated rings. The molecule has 2 amide bonds. The number of nitrogens with one attached hydrogen (secondary N) is 1. The first-order valence-corrected chi connectivity index (χ1v) is 5.50. The van der Waals surface area contributed by atoms with Crippen molar-refractivity contribution >= 4 is 6.03 Å². The molecular formula is C10H18N2O2. The first kappa shape index (κ1) is 9.77. The minimum Gasteiger partial charge on any atom is -0.376 e. The van der Waals surface area contributed by atoms with Crippen LogP contribution in [0.25, 0.3) is 0 Å². The summed E-state index contributed by atoms with van der Waals surface area (Å²) in [4.78, 5) is 13.4. The molecule has 1 unspecified atom stereocenters. The van der Waals surface area contributed by atoms with E-state index in [1.165, 1.54) is 0 Å². The van der Waals surface area contributed by atoms with Crippen molar-refractivity contribution in [3.63, 3.8) is 0 Å². The van der Waals surface area contributed by atoms with Gasteiger partial charge in [0.1, 0.15) is 0 Å². The molecule has 0 radical (unpaired) electrons. The normalized spacial score (nSPS) is 26.9. The van der Waals surface area contributed by atoms with Crippen LogP contribution in [0.4, 0.5) is 4.79 Å². The van der Waals surface area contributed by atoms with Crippen molar-refractivity contribution in [3.05, 3.63) is 0 Å². The van der Waals surface area contributed by atoms with E-state index in [1.807, 2.05) is 4.90 Å². The molecule has 0 bridgehead atoms. The van der Waals surface area contributed by atoms with Gasteiger partial charge in [0, 0.05) is 26.2 Å². The summed E-state index contributed by atoms with van der Waals surface area (Å²) >= 11 is 0. The molecule has 2 saturated heterocycles. The first-order chi connectivity index (χ1) is 6.86. The fraction of sp³-hybridized carbons (Fsp3) is 0.900. The number of urea groups is 1. The van der Waals surface area contributed by atoms with E-state index in [0.29, 0.717) is 6.54 Å². The fourth-order valence-corrected chi connectivity index (χ4v) is 2.04. The molecule has 2 rings (SSSR count). The Bertz CT molecular complexity index is 196. The second-order valence-corrected chi connectivity index (χ2v) is 4.02. The summed E-state index contributed by atoms with van der Waals surface area (Å²) in [6.07, 6.45) is 4.76. The minimum atomic E-state index is 0.0815. The molecule has 1 atom stereocenters. The maximum atomic E-state index is 11.6. The number of hydrogen-bond acceptors (Lipinski definition) is 2. The van der Waals surface area contributed by atoms with Crippen LogP contribution in [-0.4, -0.2) is 43.3 Å². The number of amides is 2. The van der Waals surface area contributed by atoms with Crippen molar-refractivity contribution in [1.29, 1.82) is 0 Å². The number of likely N-dealkylation sites (tertiary alicyclic amines) is 1. The van der Waals surface area contributed by atoms with Crippen LogP contribution in [0.2, 0.25) is 0 Å². The van der Waals surface area contributed by atoms with Crippen molar-refractivity contribution < 1.29 is 9.53 Å². The molecule has 2 aliphatic rings. The summed E-state index contributed by atoms with van der Waals surface area (Å²) in [6, 6.07) is 0.0815. The minimum absolute atomic E-state index is 0.0815. The second kappa shape index (κ2) is 4.64. The van der Waals surface area contributed by atoms with Crippen LogP contribution in [0, 0.1) is 0 Å². The number of ether oxygens (including phenoxy) is 1. The van der Waals surface area contributed by atoms with E-state index in [1.54, 1.807) is 0 Å². The monoisotopic (exact) mass is 198 g/mol. The highest BCUT2D eigenvalue weighted by molar-refractivity contribution is 5.74. The molecule has 0 aromatic carbocycles. The van der Waals surface area contributed by atoms with Gasteiger partial charge in [0.2, 0.25) is 0 Å². The lowest BCUT2D eigenvalue weighted by molar-refractivity contribution is 0.109. The third-order valence-electron chi connectivity index (χ3n) is 2.90. The van der Waals surface area contributed by atoms with Crippen LogP contribution in [-0.2, 0) is 4.74 Å². The van der Waals surface area contributed by atoms with Gasteiger partial charge in [-0.15, -0.1) is 0 Å². The van der Waals surface area contributed by atoms with Gasteiger partial charge < -0.3 is 15.0 Å². The third-order valence-corrected chi connectivity index (χ3v) is 2.90. The predicted molar refractivity (Wildman–Crippen MR) is 53.2 cm³/mol. The van der Waals surface area contributed by atoms with Gasteiger partial charge >= 0.3 is 6.03 Å². The predicted octanol–water partition coefficient (Wildman–Crippen LogP) is 0.971. The standard InChI is InChI=1S/C10H18N2O2/c13-10(12-5-1-2-6-12)11-8-9-4-3-7-14-9/h9H,1-8H2,(H,11,13). The number of hydrogen-bond donors (Lipinski definition) is 1. The van der Waals surface area contributed by atoms with Crippen LogP contribution < -0.4 is 5.32 Å². The Kier molecular flexibility index (Phi) is 3.24. The summed E-state index contributed by atoms with van der Waals surface area (Å²) in [5.41, 5.74) is 0. The number of rotatable bonds is 2. The molecule has 0 saturated carbocycles. The Labute approximate surface area is 84.6 Å². The van der Waals surface area contributed by atoms with Gasteiger partial charge in [-0.3, -0.25) is 0 Å². The molecule has 2 heterocycles. The van der Waals surface area contributed by atoms with Crippen LogP contribution >= 0.6 is 0 Å². The van der Waals surface area contributed by atoms with Gasteiger partial charge in [0.25, 0.3) is 0 Å². The van der Waals surface area contributed by atoms with Gasteiger partial charge in [-0.2, -0.15) is 0 Å². The Morgan fingerprint density at radius 2 is 2.14 bits per heavy atom. The maximum absolute atomic E-state index is 11.6. The molecule has 0 aromatic heterocycles. The topological polar surface area (TPSA) is 41.6 Å². The van der Waals surface area contributed by atoms with Crippen LogP contribution in [0.15, 0.2) is 0 Å². The molecule has 1 N–H and O–H groups in total. The van der Waals surface area contributed by atoms with E-state index in [4.69, 9.17) is 4.74 Å². The largest absolute Gasteiger partial charge is 0.376 e. The molecule has 80 valence electrons. The van der Waals surface area contributed by atoms with E-state index in [-0.39, 0.29) is 12.1 Å². The average molecular weight is 198 g/mol. The Balaban J connectivity index is 1.66. The summed E-state index contributed by atoms with van der Waals surface area (Å²) in [7, 11) is 0. The zero-order valence-electron chi connectivity index (χ0n) is 8.50. The van der Waals surface area contributed by atoms with Gasteiger partial charge in [-0.1, -0.05) is 0 Å². The van der Waals surface area contributed by atoms with Crippen molar-refractivity contribution in [2.45, 2.75) is 31.8 Å². The van der Waals surface area contributed by atoms with E-state index < -0.39 is 0 Å². The molecule has 0 spiro atoms. The van der Waals surface area contributed by atoms with E-state index in [0.717, 1.165) is 45.4 Å². The molecule has 2 aliphatic heterocycles. The summed E-state index contributed by atoms with van der Waals surface area (Å²) < 4.78 is 5.43. The summed E-state index contributed by atoms with van der Waals surface area (Å²) in [6.45, 7) is 3.36. The van der Waals surface area contributed by atoms with Crippen molar-refractivity contribution in [1.82, 2.24) is 10.2 Å². The molecule has 0 aliphatic carbocycles. The van der Waals surface area contributed by atoms with E-state index in [2.05, 4.69) is 5.32 Å². The molecular weight excluding hydrogens is 180 g/mol. The molecule has 14 heavy (non-hydrogen) atoms. The van der Waals surface area contributed by atoms with Crippen molar-refractivity contribution in [2.24, 2.45) is 0 Å². The van der Waals surface area contributed by atoms with Crippen molar-refractivity contribution in [2.75, 3.05) is 26.2 Å². The SMILES string of the molecule is O=C(NCC1CCCO1)N1CCCC1. The lowest BCUT2D eigenvalue weighted by Crippen LogP contribution is -2.41. The summed E-state index contributed by atoms with van der Waals surface area (Å²) in [5.74, 6) is 0. The fourth-order valence-electron chi connectivity index (χ4n) is 2.04. The Morgan fingerprint density at radius 1 is 1.36 bits per heavy atom. The zero-order chi connectivity index (χ0) is 9.80. The maximum Gasteiger partial charge on any atom is 0.317 e. The summed E-state index contributed by atoms with van der Waals surface area (Å²) in [5, 5.41) is 2.93. The first-order valence-electron chi connectivity index (χ1n) is 5.50. The van der Waals surface area contributed by atoms with Gasteiger partial charge in [-0.05, 0) is 25.7 Å². The van der Waals surface area contributed by atoms with Gasteiger partial charge in [0.15, 0.2) is 0 Å². The molecule has 0 aromatic rings. The number of carbonyl (C=O) groups is 1. The lowest BCUT2D eigenvalue weighted by atomic mass is 10.2. The quantitative estimate of drug-likeness (QED) is 0.718. The van der Waals surface area contributed by atoms with E-state index in [9.17, 15) is 4.79 Å². The van der Waals surface area contributed by atoms with Crippen LogP contribution in [0.3, 0.4) is 0 Å². The van der Waals surface area contributed by atoms with Crippen molar-refractivity contribution in [3.8, 4) is 0 Å². The smallest absolute Gasteiger partial charge is 0.317 e. The van der Waals surface area contributed by atoms with Crippen LogP contribution in [0.5, 0.6) is 0 Å². The molecule has 4 nitrogen and oxygen atoms in total. The van der Waals surface area contributed by atoms with E-state index >= 15 is 0 Å². The highest BCUT2D eigenvalue weighted by atomic mass is 16.5. The zero-order valence-corrected chi connectivity index (χ0v) is 8.50. The van der Waals surface area contributed by atoms with Gasteiger partial charge in [0.05, 0.1) is 6.10 Å². The third kappa shape index (κ3) is 2.38. The Morgan fingerprint density at radius 3 is 2.79 bits per heavy atom. The highest BCUT2D eigenvalue weighted by Crippen LogP contribution is 2.11. The molecule has 4 heteroatoms. The number of carbonyl (C=O) groups excluding carboxylic acids is 1. The van der Waals surface area contributed by atoms with Gasteiger partial charge in [-0.25, -0.2) is 4.79 Å². The average Bonchev–Trinajstić information content (AvgIpc) is 2.87. The number of nitrogens with zero attached hydrogens (tertiary/aromatic N) is 1.